The number of rotatable bonds is 8. The van der Waals surface area contributed by atoms with E-state index in [0.717, 1.165) is 25.8 Å². The Kier molecular flexibility index (Phi) is 6.91. The van der Waals surface area contributed by atoms with Crippen LogP contribution < -0.4 is 5.32 Å². The van der Waals surface area contributed by atoms with E-state index in [1.165, 1.54) is 17.7 Å². The summed E-state index contributed by atoms with van der Waals surface area (Å²) < 4.78 is 12.7. The van der Waals surface area contributed by atoms with Crippen LogP contribution in [-0.4, -0.2) is 24.3 Å². The summed E-state index contributed by atoms with van der Waals surface area (Å²) in [4.78, 5) is 0. The molecular weight excluding hydrogens is 229 g/mol. The maximum Gasteiger partial charge on any atom is 0.123 e. The Balaban J connectivity index is 2.20. The molecule has 1 aromatic rings. The summed E-state index contributed by atoms with van der Waals surface area (Å²) >= 11 is 0. The Bertz CT molecular complexity index is 326. The van der Waals surface area contributed by atoms with Crippen LogP contribution in [-0.2, 0) is 6.42 Å². The van der Waals surface area contributed by atoms with Crippen molar-refractivity contribution in [2.24, 2.45) is 5.92 Å². The first kappa shape index (κ1) is 15.1. The van der Waals surface area contributed by atoms with Crippen LogP contribution >= 0.6 is 0 Å². The standard InChI is InChI=1S/C15H24FNO/c1-12(9-10-18)11-17-13(2)3-4-14-5-7-15(16)8-6-14/h5-8,12-13,17-18H,3-4,9-11H2,1-2H3. The summed E-state index contributed by atoms with van der Waals surface area (Å²) in [5, 5.41) is 12.3. The van der Waals surface area contributed by atoms with E-state index in [1.54, 1.807) is 0 Å². The molecule has 0 amide bonds. The number of aliphatic hydroxyl groups is 1. The number of hydrogen-bond donors (Lipinski definition) is 2. The first-order valence-corrected chi connectivity index (χ1v) is 6.70. The fourth-order valence-electron chi connectivity index (χ4n) is 1.86. The highest BCUT2D eigenvalue weighted by molar-refractivity contribution is 5.16. The van der Waals surface area contributed by atoms with Gasteiger partial charge >= 0.3 is 0 Å². The molecule has 0 heterocycles. The van der Waals surface area contributed by atoms with Gasteiger partial charge in [0, 0.05) is 12.6 Å². The molecule has 2 atom stereocenters. The predicted octanol–water partition coefficient (Wildman–Crippen LogP) is 2.75. The van der Waals surface area contributed by atoms with E-state index in [1.807, 2.05) is 12.1 Å². The van der Waals surface area contributed by atoms with E-state index in [2.05, 4.69) is 19.2 Å². The largest absolute Gasteiger partial charge is 0.396 e. The molecule has 0 fully saturated rings. The molecule has 2 nitrogen and oxygen atoms in total. The van der Waals surface area contributed by atoms with Gasteiger partial charge in [-0.2, -0.15) is 0 Å². The minimum absolute atomic E-state index is 0.178. The maximum absolute atomic E-state index is 12.7. The third kappa shape index (κ3) is 6.12. The first-order chi connectivity index (χ1) is 8.61. The van der Waals surface area contributed by atoms with Crippen LogP contribution in [0.1, 0.15) is 32.3 Å². The lowest BCUT2D eigenvalue weighted by Gasteiger charge is -2.17. The molecule has 0 aromatic heterocycles. The van der Waals surface area contributed by atoms with E-state index in [0.29, 0.717) is 12.0 Å². The molecule has 18 heavy (non-hydrogen) atoms. The molecule has 3 heteroatoms. The van der Waals surface area contributed by atoms with Crippen LogP contribution in [0.3, 0.4) is 0 Å². The molecule has 102 valence electrons. The lowest BCUT2D eigenvalue weighted by Crippen LogP contribution is -2.31. The zero-order chi connectivity index (χ0) is 13.4. The van der Waals surface area contributed by atoms with Gasteiger partial charge in [0.25, 0.3) is 0 Å². The molecule has 0 bridgehead atoms. The van der Waals surface area contributed by atoms with Crippen molar-refractivity contribution in [2.75, 3.05) is 13.2 Å². The van der Waals surface area contributed by atoms with Crippen LogP contribution in [0.2, 0.25) is 0 Å². The van der Waals surface area contributed by atoms with Gasteiger partial charge in [-0.15, -0.1) is 0 Å². The van der Waals surface area contributed by atoms with Crippen LogP contribution in [0.4, 0.5) is 4.39 Å². The number of aliphatic hydroxyl groups excluding tert-OH is 1. The van der Waals surface area contributed by atoms with E-state index in [9.17, 15) is 4.39 Å². The highest BCUT2D eigenvalue weighted by atomic mass is 19.1. The Labute approximate surface area is 109 Å². The molecule has 2 unspecified atom stereocenters. The fourth-order valence-corrected chi connectivity index (χ4v) is 1.86. The van der Waals surface area contributed by atoms with E-state index in [-0.39, 0.29) is 12.4 Å². The number of halogens is 1. The van der Waals surface area contributed by atoms with E-state index < -0.39 is 0 Å². The van der Waals surface area contributed by atoms with Crippen molar-refractivity contribution in [1.29, 1.82) is 0 Å². The van der Waals surface area contributed by atoms with Crippen molar-refractivity contribution < 1.29 is 9.50 Å². The SMILES string of the molecule is CC(CCO)CNC(C)CCc1ccc(F)cc1. The normalized spacial score (nSPS) is 14.4. The summed E-state index contributed by atoms with van der Waals surface area (Å²) in [6.45, 7) is 5.49. The molecule has 1 aromatic carbocycles. The molecule has 0 spiro atoms. The number of aryl methyl sites for hydroxylation is 1. The Hall–Kier alpha value is -0.930. The molecule has 0 saturated heterocycles. The average molecular weight is 253 g/mol. The fraction of sp³-hybridized carbons (Fsp3) is 0.600. The van der Waals surface area contributed by atoms with Gasteiger partial charge in [0.2, 0.25) is 0 Å². The van der Waals surface area contributed by atoms with Crippen molar-refractivity contribution >= 4 is 0 Å². The van der Waals surface area contributed by atoms with Crippen LogP contribution in [0, 0.1) is 11.7 Å². The van der Waals surface area contributed by atoms with Crippen LogP contribution in [0.25, 0.3) is 0 Å². The zero-order valence-electron chi connectivity index (χ0n) is 11.3. The minimum atomic E-state index is -0.178. The quantitative estimate of drug-likeness (QED) is 0.746. The van der Waals surface area contributed by atoms with Crippen LogP contribution in [0.15, 0.2) is 24.3 Å². The van der Waals surface area contributed by atoms with Gasteiger partial charge in [-0.3, -0.25) is 0 Å². The van der Waals surface area contributed by atoms with Crippen molar-refractivity contribution in [3.05, 3.63) is 35.6 Å². The Morgan fingerprint density at radius 2 is 1.83 bits per heavy atom. The third-order valence-corrected chi connectivity index (χ3v) is 3.22. The summed E-state index contributed by atoms with van der Waals surface area (Å²) in [5.74, 6) is 0.325. The molecule has 0 radical (unpaired) electrons. The second-order valence-corrected chi connectivity index (χ2v) is 5.09. The summed E-state index contributed by atoms with van der Waals surface area (Å²) in [5.41, 5.74) is 1.17. The first-order valence-electron chi connectivity index (χ1n) is 6.70. The number of benzene rings is 1. The molecule has 0 saturated carbocycles. The zero-order valence-corrected chi connectivity index (χ0v) is 11.3. The van der Waals surface area contributed by atoms with E-state index >= 15 is 0 Å². The molecule has 1 rings (SSSR count). The van der Waals surface area contributed by atoms with E-state index in [4.69, 9.17) is 5.11 Å². The predicted molar refractivity (Wildman–Crippen MR) is 73.1 cm³/mol. The van der Waals surface area contributed by atoms with Crippen molar-refractivity contribution in [1.82, 2.24) is 5.32 Å². The second-order valence-electron chi connectivity index (χ2n) is 5.09. The third-order valence-electron chi connectivity index (χ3n) is 3.22. The molecule has 0 aliphatic rings. The van der Waals surface area contributed by atoms with Gasteiger partial charge in [-0.05, 0) is 56.3 Å². The van der Waals surface area contributed by atoms with Gasteiger partial charge in [-0.25, -0.2) is 4.39 Å². The summed E-state index contributed by atoms with van der Waals surface area (Å²) in [6, 6.07) is 7.15. The van der Waals surface area contributed by atoms with Crippen molar-refractivity contribution in [2.45, 2.75) is 39.2 Å². The molecule has 0 aliphatic heterocycles. The van der Waals surface area contributed by atoms with Crippen LogP contribution in [0.5, 0.6) is 0 Å². The monoisotopic (exact) mass is 253 g/mol. The molecule has 2 N–H and O–H groups in total. The Morgan fingerprint density at radius 1 is 1.17 bits per heavy atom. The smallest absolute Gasteiger partial charge is 0.123 e. The average Bonchev–Trinajstić information content (AvgIpc) is 2.36. The maximum atomic E-state index is 12.7. The Morgan fingerprint density at radius 3 is 2.44 bits per heavy atom. The molecule has 0 aliphatic carbocycles. The second kappa shape index (κ2) is 8.22. The molecular formula is C15H24FNO. The van der Waals surface area contributed by atoms with Gasteiger partial charge in [0.05, 0.1) is 0 Å². The summed E-state index contributed by atoms with van der Waals surface area (Å²) in [7, 11) is 0. The van der Waals surface area contributed by atoms with Gasteiger partial charge in [0.1, 0.15) is 5.82 Å². The highest BCUT2D eigenvalue weighted by Crippen LogP contribution is 2.07. The van der Waals surface area contributed by atoms with Gasteiger partial charge < -0.3 is 10.4 Å². The number of nitrogens with one attached hydrogen (secondary N) is 1. The highest BCUT2D eigenvalue weighted by Gasteiger charge is 2.05. The summed E-state index contributed by atoms with van der Waals surface area (Å²) in [6.07, 6.45) is 2.85. The topological polar surface area (TPSA) is 32.3 Å². The lowest BCUT2D eigenvalue weighted by molar-refractivity contribution is 0.257. The van der Waals surface area contributed by atoms with Crippen molar-refractivity contribution in [3.8, 4) is 0 Å². The minimum Gasteiger partial charge on any atom is -0.396 e. The van der Waals surface area contributed by atoms with Gasteiger partial charge in [-0.1, -0.05) is 19.1 Å². The van der Waals surface area contributed by atoms with Crippen molar-refractivity contribution in [3.63, 3.8) is 0 Å². The van der Waals surface area contributed by atoms with Gasteiger partial charge in [0.15, 0.2) is 0 Å². The number of hydrogen-bond acceptors (Lipinski definition) is 2. The lowest BCUT2D eigenvalue weighted by atomic mass is 10.0.